The molecule has 2 aliphatic rings. The first kappa shape index (κ1) is 41.2. The van der Waals surface area contributed by atoms with Gasteiger partial charge in [0.05, 0.1) is 0 Å². The average molecular weight is 721 g/mol. The van der Waals surface area contributed by atoms with Gasteiger partial charge >= 0.3 is 0 Å². The van der Waals surface area contributed by atoms with E-state index in [1.165, 1.54) is 0 Å². The molecule has 38 heavy (non-hydrogen) atoms. The number of rotatable bonds is 0. The van der Waals surface area contributed by atoms with E-state index in [1.807, 2.05) is 0 Å². The van der Waals surface area contributed by atoms with Gasteiger partial charge in [0.25, 0.3) is 0 Å². The molecule has 0 aliphatic carbocycles. The smallest absolute Gasteiger partial charge is 0 e. The Morgan fingerprint density at radius 2 is 0.474 bits per heavy atom. The molecule has 0 aromatic rings. The van der Waals surface area contributed by atoms with Gasteiger partial charge in [-0.05, 0) is 0 Å². The molecule has 0 saturated carbocycles. The molecule has 0 spiro atoms. The van der Waals surface area contributed by atoms with Crippen LogP contribution in [0.15, 0.2) is 0 Å². The van der Waals surface area contributed by atoms with Crippen LogP contribution in [-0.4, -0.2) is 129 Å². The van der Waals surface area contributed by atoms with E-state index in [2.05, 4.69) is 80.9 Å². The Morgan fingerprint density at radius 3 is 0.711 bits per heavy atom. The summed E-state index contributed by atoms with van der Waals surface area (Å²) >= 11 is 0. The van der Waals surface area contributed by atoms with Gasteiger partial charge in [0.2, 0.25) is 0 Å². The maximum absolute atomic E-state index is 4.59. The molecule has 4 unspecified atom stereocenters. The minimum atomic E-state index is 0. The Hall–Kier alpha value is 1.08. The van der Waals surface area contributed by atoms with Crippen molar-refractivity contribution in [3.8, 4) is 0 Å². The van der Waals surface area contributed by atoms with Crippen LogP contribution < -0.4 is 0 Å². The Balaban J connectivity index is 0. The zero-order valence-electron chi connectivity index (χ0n) is 24.1. The topological polar surface area (TPSA) is 141 Å². The molecule has 0 amide bonds. The molecule has 238 valence electrons. The Morgan fingerprint density at radius 1 is 0.289 bits per heavy atom. The van der Waals surface area contributed by atoms with E-state index in [-0.39, 0.29) is 56.8 Å². The summed E-state index contributed by atoms with van der Waals surface area (Å²) in [7, 11) is 0. The fourth-order valence-electron chi connectivity index (χ4n) is 3.48. The molecular formula is C26H52Ag2N10-10. The first-order valence-corrected chi connectivity index (χ1v) is 14.1. The number of hydrogen-bond donors (Lipinski definition) is 0. The minimum absolute atomic E-state index is 0. The zero-order valence-corrected chi connectivity index (χ0v) is 27.1. The number of nitrogens with zero attached hydrogens (tertiary/aromatic N) is 10. The summed E-state index contributed by atoms with van der Waals surface area (Å²) in [6.07, 6.45) is 2.11. The van der Waals surface area contributed by atoms with Gasteiger partial charge in [0, 0.05) is 44.8 Å². The molecule has 0 aromatic heterocycles. The second kappa shape index (κ2) is 31.0. The molecule has 2 radical (unpaired) electrons. The van der Waals surface area contributed by atoms with Gasteiger partial charge in [-0.3, -0.25) is 0 Å². The third kappa shape index (κ3) is 26.0. The van der Waals surface area contributed by atoms with Crippen molar-refractivity contribution in [3.05, 3.63) is 53.2 Å². The van der Waals surface area contributed by atoms with E-state index in [1.54, 1.807) is 0 Å². The van der Waals surface area contributed by atoms with Crippen LogP contribution in [0.1, 0.15) is 40.5 Å². The molecule has 12 heteroatoms. The van der Waals surface area contributed by atoms with Crippen LogP contribution in [-0.2, 0) is 44.8 Å². The summed E-state index contributed by atoms with van der Waals surface area (Å²) in [5.74, 6) is 0. The largest absolute Gasteiger partial charge is 0.665 e. The summed E-state index contributed by atoms with van der Waals surface area (Å²) in [6, 6.07) is 1.17. The first-order chi connectivity index (χ1) is 17.6. The third-order valence-electron chi connectivity index (χ3n) is 6.19. The molecular weight excluding hydrogens is 668 g/mol. The Bertz CT molecular complexity index is 388. The minimum Gasteiger partial charge on any atom is -0.665 e. The first-order valence-electron chi connectivity index (χ1n) is 14.1. The van der Waals surface area contributed by atoms with Gasteiger partial charge < -0.3 is 53.2 Å². The van der Waals surface area contributed by atoms with Crippen molar-refractivity contribution >= 4 is 0 Å². The van der Waals surface area contributed by atoms with Gasteiger partial charge in [-0.2, -0.15) is 129 Å². The molecule has 0 bridgehead atoms. The molecule has 0 N–H and O–H groups in total. The summed E-state index contributed by atoms with van der Waals surface area (Å²) in [5, 5.41) is 44.9. The van der Waals surface area contributed by atoms with E-state index in [0.29, 0.717) is 12.1 Å². The van der Waals surface area contributed by atoms with Crippen molar-refractivity contribution < 1.29 is 44.8 Å². The van der Waals surface area contributed by atoms with Crippen LogP contribution in [0.5, 0.6) is 0 Å². The monoisotopic (exact) mass is 718 g/mol. The normalized spacial score (nSPS) is 29.4. The van der Waals surface area contributed by atoms with Crippen molar-refractivity contribution in [2.24, 2.45) is 0 Å². The summed E-state index contributed by atoms with van der Waals surface area (Å²) < 4.78 is 0. The third-order valence-corrected chi connectivity index (χ3v) is 6.19. The van der Waals surface area contributed by atoms with E-state index in [4.69, 9.17) is 0 Å². The van der Waals surface area contributed by atoms with Crippen molar-refractivity contribution in [1.82, 2.24) is 0 Å². The second-order valence-corrected chi connectivity index (χ2v) is 9.32. The molecule has 0 aromatic carbocycles. The maximum atomic E-state index is 4.59. The Kier molecular flexibility index (Phi) is 33.7. The molecule has 4 atom stereocenters. The molecule has 2 saturated heterocycles. The molecule has 2 fully saturated rings. The standard InChI is InChI=1S/2C13H26N5.2Ag/c2*1-12-13(2)18-11-9-16-7-6-14-4-3-5-15-8-10-17-12;;/h2*12-13H,3-11H2,1-2H3;;/q2*-5;;. The van der Waals surface area contributed by atoms with E-state index in [0.717, 1.165) is 118 Å². The maximum Gasteiger partial charge on any atom is 0 e. The van der Waals surface area contributed by atoms with Crippen LogP contribution in [0, 0.1) is 0 Å². The van der Waals surface area contributed by atoms with Crippen molar-refractivity contribution in [2.45, 2.75) is 64.7 Å². The van der Waals surface area contributed by atoms with Crippen molar-refractivity contribution in [3.63, 3.8) is 0 Å². The average Bonchev–Trinajstić information content (AvgIpc) is 2.87. The predicted octanol–water partition coefficient (Wildman–Crippen LogP) is 6.07. The van der Waals surface area contributed by atoms with Crippen LogP contribution in [0.2, 0.25) is 0 Å². The van der Waals surface area contributed by atoms with Gasteiger partial charge in [0.1, 0.15) is 0 Å². The fraction of sp³-hybridized carbons (Fsp3) is 1.00. The van der Waals surface area contributed by atoms with Crippen LogP contribution in [0.25, 0.3) is 53.2 Å². The molecule has 2 heterocycles. The van der Waals surface area contributed by atoms with Gasteiger partial charge in [-0.25, -0.2) is 0 Å². The van der Waals surface area contributed by atoms with Crippen molar-refractivity contribution in [2.75, 3.05) is 105 Å². The SMILES string of the molecule is CC1[N-]CC[N-]CCC[N-]CC[N-]CC[N-]C1C.CC1[N-]CC[N-]CCC[N-]CC[N-]CC[N-]C1C.[Ag].[Ag]. The molecule has 2 aliphatic heterocycles. The summed E-state index contributed by atoms with van der Waals surface area (Å²) in [4.78, 5) is 0. The molecule has 2 rings (SSSR count). The van der Waals surface area contributed by atoms with Gasteiger partial charge in [0.15, 0.2) is 0 Å². The van der Waals surface area contributed by atoms with Crippen LogP contribution in [0.4, 0.5) is 0 Å². The van der Waals surface area contributed by atoms with E-state index < -0.39 is 0 Å². The zero-order chi connectivity index (χ0) is 26.1. The second-order valence-electron chi connectivity index (χ2n) is 9.32. The summed E-state index contributed by atoms with van der Waals surface area (Å²) in [6.45, 7) is 22.1. The fourth-order valence-corrected chi connectivity index (χ4v) is 3.48. The van der Waals surface area contributed by atoms with Gasteiger partial charge in [-0.1, -0.05) is 40.5 Å². The summed E-state index contributed by atoms with van der Waals surface area (Å²) in [5.41, 5.74) is 0. The number of hydrogen-bond acceptors (Lipinski definition) is 0. The molecule has 10 nitrogen and oxygen atoms in total. The van der Waals surface area contributed by atoms with Crippen LogP contribution >= 0.6 is 0 Å². The van der Waals surface area contributed by atoms with Crippen LogP contribution in [0.3, 0.4) is 0 Å². The Labute approximate surface area is 266 Å². The predicted molar refractivity (Wildman–Crippen MR) is 159 cm³/mol. The van der Waals surface area contributed by atoms with E-state index >= 15 is 0 Å². The van der Waals surface area contributed by atoms with Gasteiger partial charge in [-0.15, -0.1) is 0 Å². The quantitative estimate of drug-likeness (QED) is 0.268. The van der Waals surface area contributed by atoms with Crippen molar-refractivity contribution in [1.29, 1.82) is 0 Å². The van der Waals surface area contributed by atoms with E-state index in [9.17, 15) is 0 Å².